The number of hydrogen-bond acceptors (Lipinski definition) is 4. The molecule has 5 rings (SSSR count). The third-order valence-corrected chi connectivity index (χ3v) is 6.84. The van der Waals surface area contributed by atoms with Crippen LogP contribution in [0, 0.1) is 5.92 Å². The Kier molecular flexibility index (Phi) is 2.77. The molecule has 1 spiro atoms. The number of likely N-dealkylation sites (N-methyl/N-ethyl adjacent to an activating group) is 1. The van der Waals surface area contributed by atoms with Crippen molar-refractivity contribution in [3.05, 3.63) is 51.5 Å². The number of ether oxygens (including phenoxy) is 1. The first-order valence-corrected chi connectivity index (χ1v) is 9.12. The van der Waals surface area contributed by atoms with Crippen LogP contribution in [0.4, 0.5) is 0 Å². The van der Waals surface area contributed by atoms with Crippen LogP contribution >= 0.6 is 15.9 Å². The molecule has 1 aromatic rings. The van der Waals surface area contributed by atoms with Gasteiger partial charge in [-0.1, -0.05) is 34.1 Å². The molecule has 1 fully saturated rings. The summed E-state index contributed by atoms with van der Waals surface area (Å²) in [5.74, 6) is 1.31. The van der Waals surface area contributed by atoms with E-state index in [1.165, 1.54) is 16.0 Å². The third-order valence-electron chi connectivity index (χ3n) is 6.30. The molecule has 1 heterocycles. The van der Waals surface area contributed by atoms with Crippen molar-refractivity contribution < 1.29 is 9.53 Å². The molecular formula is C19H18BrN3O2. The number of fused-ring (bicyclic) bond motifs is 2. The summed E-state index contributed by atoms with van der Waals surface area (Å²) in [6, 6.07) is 6.02. The van der Waals surface area contributed by atoms with Crippen LogP contribution in [0.2, 0.25) is 0 Å². The summed E-state index contributed by atoms with van der Waals surface area (Å²) in [4.78, 5) is 19.8. The Hall–Kier alpha value is -2.08. The zero-order chi connectivity index (χ0) is 17.6. The molecule has 128 valence electrons. The zero-order valence-corrected chi connectivity index (χ0v) is 15.6. The molecule has 0 saturated heterocycles. The Labute approximate surface area is 154 Å². The van der Waals surface area contributed by atoms with Crippen LogP contribution in [0.25, 0.3) is 0 Å². The minimum Gasteiger partial charge on any atom is -0.497 e. The van der Waals surface area contributed by atoms with Gasteiger partial charge in [-0.2, -0.15) is 0 Å². The van der Waals surface area contributed by atoms with Crippen LogP contribution in [0.1, 0.15) is 17.5 Å². The predicted molar refractivity (Wildman–Crippen MR) is 98.7 cm³/mol. The number of methoxy groups -OCH3 is 1. The topological polar surface area (TPSA) is 67.9 Å². The van der Waals surface area contributed by atoms with Crippen LogP contribution in [-0.2, 0) is 16.6 Å². The van der Waals surface area contributed by atoms with Gasteiger partial charge in [-0.25, -0.2) is 4.99 Å². The van der Waals surface area contributed by atoms with Crippen molar-refractivity contribution in [1.29, 1.82) is 0 Å². The van der Waals surface area contributed by atoms with Crippen molar-refractivity contribution in [3.63, 3.8) is 0 Å². The molecule has 1 amide bonds. The SMILES string of the molecule is COc1ccc2c(c1)CC1[C@]3(C4=CC=C(Br)C4)N=C(N)N(C)C(=O)[C@@]213. The van der Waals surface area contributed by atoms with Gasteiger partial charge in [-0.3, -0.25) is 9.69 Å². The minimum absolute atomic E-state index is 0.0536. The lowest BCUT2D eigenvalue weighted by molar-refractivity contribution is -0.130. The van der Waals surface area contributed by atoms with Gasteiger partial charge in [0.15, 0.2) is 5.96 Å². The molecule has 1 aliphatic heterocycles. The Bertz CT molecular complexity index is 935. The lowest BCUT2D eigenvalue weighted by atomic mass is 9.82. The Morgan fingerprint density at radius 2 is 2.20 bits per heavy atom. The molecule has 1 aromatic carbocycles. The number of carbonyl (C=O) groups excluding carboxylic acids is 1. The van der Waals surface area contributed by atoms with Crippen LogP contribution in [-0.4, -0.2) is 36.5 Å². The highest BCUT2D eigenvalue weighted by atomic mass is 79.9. The van der Waals surface area contributed by atoms with Gasteiger partial charge in [0.1, 0.15) is 16.7 Å². The van der Waals surface area contributed by atoms with Gasteiger partial charge in [0.05, 0.1) is 7.11 Å². The summed E-state index contributed by atoms with van der Waals surface area (Å²) < 4.78 is 6.48. The molecule has 1 unspecified atom stereocenters. The quantitative estimate of drug-likeness (QED) is 0.828. The lowest BCUT2D eigenvalue weighted by Crippen LogP contribution is -2.52. The number of halogens is 1. The van der Waals surface area contributed by atoms with E-state index in [4.69, 9.17) is 15.5 Å². The molecule has 1 saturated carbocycles. The Morgan fingerprint density at radius 3 is 2.88 bits per heavy atom. The van der Waals surface area contributed by atoms with Gasteiger partial charge in [0.2, 0.25) is 5.91 Å². The van der Waals surface area contributed by atoms with E-state index in [2.05, 4.69) is 28.1 Å². The Morgan fingerprint density at radius 1 is 1.40 bits per heavy atom. The van der Waals surface area contributed by atoms with Gasteiger partial charge in [-0.15, -0.1) is 0 Å². The average molecular weight is 400 g/mol. The van der Waals surface area contributed by atoms with Crippen molar-refractivity contribution in [2.24, 2.45) is 16.6 Å². The van der Waals surface area contributed by atoms with Gasteiger partial charge in [-0.05, 0) is 39.7 Å². The van der Waals surface area contributed by atoms with E-state index in [1.807, 2.05) is 18.2 Å². The molecular weight excluding hydrogens is 382 g/mol. The van der Waals surface area contributed by atoms with E-state index in [-0.39, 0.29) is 11.8 Å². The molecule has 6 heteroatoms. The third kappa shape index (κ3) is 1.51. The van der Waals surface area contributed by atoms with Crippen molar-refractivity contribution >= 4 is 27.8 Å². The normalized spacial score (nSPS) is 34.7. The number of nitrogens with zero attached hydrogens (tertiary/aromatic N) is 2. The standard InChI is InChI=1S/C19H18BrN3O2/c1-23-16(24)18-14-6-5-13(25-2)7-10(14)8-15(18)19(18,22-17(23)21)11-3-4-12(20)9-11/h3-7,15H,8-9H2,1-2H3,(H2,21,22)/t15?,18-,19+/m1/s1. The van der Waals surface area contributed by atoms with Crippen LogP contribution in [0.3, 0.4) is 0 Å². The number of allylic oxidation sites excluding steroid dienone is 3. The fourth-order valence-corrected chi connectivity index (χ4v) is 5.65. The number of guanidine groups is 1. The second-order valence-electron chi connectivity index (χ2n) is 7.17. The maximum atomic E-state index is 13.4. The molecule has 0 aromatic heterocycles. The number of carbonyl (C=O) groups is 1. The highest BCUT2D eigenvalue weighted by Crippen LogP contribution is 2.76. The monoisotopic (exact) mass is 399 g/mol. The van der Waals surface area contributed by atoms with E-state index >= 15 is 0 Å². The van der Waals surface area contributed by atoms with Crippen LogP contribution < -0.4 is 10.5 Å². The van der Waals surface area contributed by atoms with Crippen LogP contribution in [0.15, 0.2) is 45.4 Å². The second kappa shape index (κ2) is 4.55. The van der Waals surface area contributed by atoms with E-state index in [9.17, 15) is 4.79 Å². The van der Waals surface area contributed by atoms with Crippen molar-refractivity contribution in [2.75, 3.05) is 14.2 Å². The Balaban J connectivity index is 1.73. The summed E-state index contributed by atoms with van der Waals surface area (Å²) >= 11 is 3.58. The maximum Gasteiger partial charge on any atom is 0.242 e. The lowest BCUT2D eigenvalue weighted by Gasteiger charge is -2.34. The summed E-state index contributed by atoms with van der Waals surface area (Å²) in [6.45, 7) is 0. The van der Waals surface area contributed by atoms with E-state index < -0.39 is 11.0 Å². The molecule has 0 radical (unpaired) electrons. The molecule has 3 aliphatic carbocycles. The molecule has 0 bridgehead atoms. The fourth-order valence-electron chi connectivity index (χ4n) is 5.22. The first kappa shape index (κ1) is 15.2. The van der Waals surface area contributed by atoms with Crippen LogP contribution in [0.5, 0.6) is 5.75 Å². The number of aliphatic imine (C=N–C) groups is 1. The molecule has 4 aliphatic rings. The van der Waals surface area contributed by atoms with Crippen molar-refractivity contribution in [3.8, 4) is 5.75 Å². The largest absolute Gasteiger partial charge is 0.497 e. The fraction of sp³-hybridized carbons (Fsp3) is 0.368. The molecule has 2 N–H and O–H groups in total. The smallest absolute Gasteiger partial charge is 0.242 e. The van der Waals surface area contributed by atoms with E-state index in [1.54, 1.807) is 14.2 Å². The minimum atomic E-state index is -0.622. The number of amides is 1. The summed E-state index contributed by atoms with van der Waals surface area (Å²) in [5.41, 5.74) is 8.40. The first-order chi connectivity index (χ1) is 12.0. The van der Waals surface area contributed by atoms with Crippen molar-refractivity contribution in [1.82, 2.24) is 4.90 Å². The maximum absolute atomic E-state index is 13.4. The highest BCUT2D eigenvalue weighted by Gasteiger charge is 2.87. The summed E-state index contributed by atoms with van der Waals surface area (Å²) in [7, 11) is 3.38. The molecule has 3 atom stereocenters. The molecule has 25 heavy (non-hydrogen) atoms. The van der Waals surface area contributed by atoms with E-state index in [0.29, 0.717) is 5.96 Å². The zero-order valence-electron chi connectivity index (χ0n) is 14.0. The number of rotatable bonds is 2. The summed E-state index contributed by atoms with van der Waals surface area (Å²) in [5, 5.41) is 0. The predicted octanol–water partition coefficient (Wildman–Crippen LogP) is 2.25. The van der Waals surface area contributed by atoms with Gasteiger partial charge >= 0.3 is 0 Å². The van der Waals surface area contributed by atoms with Gasteiger partial charge in [0.25, 0.3) is 0 Å². The highest BCUT2D eigenvalue weighted by molar-refractivity contribution is 9.11. The number of benzene rings is 1. The number of hydrogen-bond donors (Lipinski definition) is 1. The average Bonchev–Trinajstić information content (AvgIpc) is 2.93. The van der Waals surface area contributed by atoms with Gasteiger partial charge < -0.3 is 10.5 Å². The van der Waals surface area contributed by atoms with Crippen molar-refractivity contribution in [2.45, 2.75) is 23.8 Å². The second-order valence-corrected chi connectivity index (χ2v) is 8.19. The molecule has 5 nitrogen and oxygen atoms in total. The summed E-state index contributed by atoms with van der Waals surface area (Å²) in [6.07, 6.45) is 5.76. The van der Waals surface area contributed by atoms with E-state index in [0.717, 1.165) is 28.6 Å². The number of nitrogens with two attached hydrogens (primary N) is 1. The first-order valence-electron chi connectivity index (χ1n) is 8.33. The van der Waals surface area contributed by atoms with Gasteiger partial charge in [0, 0.05) is 19.4 Å².